The van der Waals surface area contributed by atoms with Gasteiger partial charge in [-0.2, -0.15) is 0 Å². The van der Waals surface area contributed by atoms with Crippen LogP contribution in [0.15, 0.2) is 72.9 Å². The zero-order chi connectivity index (χ0) is 16.1. The summed E-state index contributed by atoms with van der Waals surface area (Å²) in [6, 6.07) is 23.8. The molecule has 2 aromatic carbocycles. The molecule has 0 aliphatic carbocycles. The topological polar surface area (TPSA) is 12.9 Å². The van der Waals surface area contributed by atoms with Crippen molar-refractivity contribution < 1.29 is 0 Å². The predicted molar refractivity (Wildman–Crippen MR) is 101 cm³/mol. The minimum Gasteiger partial charge on any atom is -0.261 e. The van der Waals surface area contributed by atoms with Gasteiger partial charge >= 0.3 is 0 Å². The lowest BCUT2D eigenvalue weighted by Crippen LogP contribution is -2.19. The normalized spacial score (nSPS) is 10.9. The van der Waals surface area contributed by atoms with Gasteiger partial charge in [0, 0.05) is 11.9 Å². The van der Waals surface area contributed by atoms with Crippen LogP contribution in [0.3, 0.4) is 0 Å². The fourth-order valence-corrected chi connectivity index (χ4v) is 5.60. The molecule has 0 aliphatic heterocycles. The quantitative estimate of drug-likeness (QED) is 0.636. The van der Waals surface area contributed by atoms with E-state index in [9.17, 15) is 0 Å². The van der Waals surface area contributed by atoms with Crippen LogP contribution in [0.2, 0.25) is 0 Å². The molecule has 0 fully saturated rings. The minimum absolute atomic E-state index is 0.356. The number of pyridine rings is 1. The van der Waals surface area contributed by atoms with E-state index in [0.29, 0.717) is 0 Å². The highest BCUT2D eigenvalue weighted by Crippen LogP contribution is 2.36. The second-order valence-electron chi connectivity index (χ2n) is 5.80. The Labute approximate surface area is 140 Å². The van der Waals surface area contributed by atoms with Crippen LogP contribution in [0.5, 0.6) is 0 Å². The van der Waals surface area contributed by atoms with E-state index in [0.717, 1.165) is 12.6 Å². The maximum Gasteiger partial charge on any atom is 0.0407 e. The summed E-state index contributed by atoms with van der Waals surface area (Å²) in [5.41, 5.74) is 3.97. The van der Waals surface area contributed by atoms with Crippen LogP contribution in [0.1, 0.15) is 16.8 Å². The lowest BCUT2D eigenvalue weighted by atomic mass is 10.2. The fourth-order valence-electron chi connectivity index (χ4n) is 2.88. The molecule has 1 aromatic heterocycles. The Hall–Kier alpha value is -1.98. The molecule has 0 radical (unpaired) electrons. The fraction of sp³-hybridized carbons (Fsp3) is 0.190. The standard InChI is InChI=1S/C21H22NP/c1-17-9-3-5-12-20(17)23(21-13-6-4-10-18(21)2)16-14-19-11-7-8-15-22-19/h3-13,15H,14,16H2,1-2H3. The molecule has 0 bridgehead atoms. The number of rotatable bonds is 5. The molecule has 2 heteroatoms. The van der Waals surface area contributed by atoms with E-state index in [1.165, 1.54) is 27.4 Å². The predicted octanol–water partition coefficient (Wildman–Crippen LogP) is 4.37. The highest BCUT2D eigenvalue weighted by Gasteiger charge is 2.17. The van der Waals surface area contributed by atoms with Crippen molar-refractivity contribution >= 4 is 18.5 Å². The van der Waals surface area contributed by atoms with Crippen molar-refractivity contribution in [3.63, 3.8) is 0 Å². The zero-order valence-corrected chi connectivity index (χ0v) is 14.6. The zero-order valence-electron chi connectivity index (χ0n) is 13.7. The SMILES string of the molecule is Cc1ccccc1P(CCc1ccccn1)c1ccccc1C. The molecule has 0 saturated heterocycles. The van der Waals surface area contributed by atoms with Gasteiger partial charge in [-0.1, -0.05) is 54.6 Å². The Morgan fingerprint density at radius 2 is 1.30 bits per heavy atom. The molecule has 3 rings (SSSR count). The Kier molecular flexibility index (Phi) is 5.20. The maximum absolute atomic E-state index is 4.49. The van der Waals surface area contributed by atoms with Gasteiger partial charge in [0.15, 0.2) is 0 Å². The van der Waals surface area contributed by atoms with Gasteiger partial charge in [0.1, 0.15) is 0 Å². The third kappa shape index (κ3) is 3.86. The number of aromatic nitrogens is 1. The summed E-state index contributed by atoms with van der Waals surface area (Å²) >= 11 is 0. The van der Waals surface area contributed by atoms with E-state index >= 15 is 0 Å². The number of hydrogen-bond donors (Lipinski definition) is 0. The molecule has 0 saturated carbocycles. The second-order valence-corrected chi connectivity index (χ2v) is 8.06. The second kappa shape index (κ2) is 7.53. The highest BCUT2D eigenvalue weighted by atomic mass is 31.1. The van der Waals surface area contributed by atoms with Gasteiger partial charge in [-0.15, -0.1) is 0 Å². The Morgan fingerprint density at radius 1 is 0.739 bits per heavy atom. The summed E-state index contributed by atoms with van der Waals surface area (Å²) in [6.45, 7) is 4.45. The van der Waals surface area contributed by atoms with Gasteiger partial charge < -0.3 is 0 Å². The molecule has 0 aliphatic rings. The van der Waals surface area contributed by atoms with Gasteiger partial charge in [0.05, 0.1) is 0 Å². The molecule has 0 unspecified atom stereocenters. The largest absolute Gasteiger partial charge is 0.261 e. The van der Waals surface area contributed by atoms with Crippen molar-refractivity contribution in [3.05, 3.63) is 89.7 Å². The van der Waals surface area contributed by atoms with Crippen molar-refractivity contribution in [2.75, 3.05) is 6.16 Å². The molecule has 0 spiro atoms. The number of nitrogens with zero attached hydrogens (tertiary/aromatic N) is 1. The van der Waals surface area contributed by atoms with E-state index in [1.807, 2.05) is 12.3 Å². The molecular weight excluding hydrogens is 297 g/mol. The average Bonchev–Trinajstić information content (AvgIpc) is 2.59. The van der Waals surface area contributed by atoms with E-state index in [-0.39, 0.29) is 7.92 Å². The van der Waals surface area contributed by atoms with Crippen LogP contribution >= 0.6 is 7.92 Å². The third-order valence-electron chi connectivity index (χ3n) is 4.13. The van der Waals surface area contributed by atoms with Crippen LogP contribution in [-0.4, -0.2) is 11.1 Å². The van der Waals surface area contributed by atoms with E-state index < -0.39 is 0 Å². The van der Waals surface area contributed by atoms with Gasteiger partial charge in [-0.25, -0.2) is 0 Å². The van der Waals surface area contributed by atoms with Crippen LogP contribution in [0, 0.1) is 13.8 Å². The van der Waals surface area contributed by atoms with E-state index in [4.69, 9.17) is 0 Å². The van der Waals surface area contributed by atoms with Crippen molar-refractivity contribution in [3.8, 4) is 0 Å². The summed E-state index contributed by atoms with van der Waals surface area (Å²) in [5, 5.41) is 2.99. The van der Waals surface area contributed by atoms with Gasteiger partial charge in [-0.05, 0) is 68.2 Å². The smallest absolute Gasteiger partial charge is 0.0407 e. The monoisotopic (exact) mass is 319 g/mol. The summed E-state index contributed by atoms with van der Waals surface area (Å²) in [4.78, 5) is 4.49. The van der Waals surface area contributed by atoms with Crippen molar-refractivity contribution in [2.24, 2.45) is 0 Å². The number of benzene rings is 2. The molecule has 116 valence electrons. The van der Waals surface area contributed by atoms with E-state index in [1.54, 1.807) is 0 Å². The summed E-state index contributed by atoms with van der Waals surface area (Å²) in [5.74, 6) is 0. The van der Waals surface area contributed by atoms with Crippen molar-refractivity contribution in [1.29, 1.82) is 0 Å². The van der Waals surface area contributed by atoms with Gasteiger partial charge in [-0.3, -0.25) is 4.98 Å². The van der Waals surface area contributed by atoms with Crippen LogP contribution in [0.4, 0.5) is 0 Å². The first-order valence-corrected chi connectivity index (χ1v) is 9.57. The minimum atomic E-state index is -0.356. The molecular formula is C21H22NP. The van der Waals surface area contributed by atoms with Gasteiger partial charge in [0.25, 0.3) is 0 Å². The van der Waals surface area contributed by atoms with Crippen LogP contribution < -0.4 is 10.6 Å². The highest BCUT2D eigenvalue weighted by molar-refractivity contribution is 7.73. The molecule has 1 heterocycles. The Morgan fingerprint density at radius 3 is 1.83 bits per heavy atom. The lowest BCUT2D eigenvalue weighted by molar-refractivity contribution is 1.04. The first kappa shape index (κ1) is 15.9. The molecule has 0 atom stereocenters. The Balaban J connectivity index is 1.94. The number of hydrogen-bond acceptors (Lipinski definition) is 1. The lowest BCUT2D eigenvalue weighted by Gasteiger charge is -2.22. The molecule has 0 N–H and O–H groups in total. The van der Waals surface area contributed by atoms with E-state index in [2.05, 4.69) is 79.5 Å². The summed E-state index contributed by atoms with van der Waals surface area (Å²) in [7, 11) is -0.356. The first-order valence-electron chi connectivity index (χ1n) is 8.04. The van der Waals surface area contributed by atoms with Crippen molar-refractivity contribution in [1.82, 2.24) is 4.98 Å². The first-order chi connectivity index (χ1) is 11.3. The van der Waals surface area contributed by atoms with Gasteiger partial charge in [0.2, 0.25) is 0 Å². The molecule has 1 nitrogen and oxygen atoms in total. The van der Waals surface area contributed by atoms with Crippen LogP contribution in [0.25, 0.3) is 0 Å². The average molecular weight is 319 g/mol. The summed E-state index contributed by atoms with van der Waals surface area (Å²) < 4.78 is 0. The molecule has 3 aromatic rings. The third-order valence-corrected chi connectivity index (χ3v) is 6.97. The summed E-state index contributed by atoms with van der Waals surface area (Å²) in [6.07, 6.45) is 4.05. The Bertz CT molecular complexity index is 722. The van der Waals surface area contributed by atoms with Crippen molar-refractivity contribution in [2.45, 2.75) is 20.3 Å². The molecule has 0 amide bonds. The maximum atomic E-state index is 4.49. The molecule has 23 heavy (non-hydrogen) atoms. The number of aryl methyl sites for hydroxylation is 3. The van der Waals surface area contributed by atoms with Crippen LogP contribution in [-0.2, 0) is 6.42 Å².